The fraction of sp³-hybridized carbons (Fsp3) is 0.143. The summed E-state index contributed by atoms with van der Waals surface area (Å²) in [5, 5.41) is 24.2. The van der Waals surface area contributed by atoms with Gasteiger partial charge in [-0.15, -0.1) is 0 Å². The Kier molecular flexibility index (Phi) is 3.22. The van der Waals surface area contributed by atoms with Crippen molar-refractivity contribution in [3.8, 4) is 11.5 Å². The largest absolute Gasteiger partial charge is 0.508 e. The van der Waals surface area contributed by atoms with E-state index in [0.717, 1.165) is 0 Å². The van der Waals surface area contributed by atoms with Gasteiger partial charge in [-0.2, -0.15) is 0 Å². The molecule has 1 amide bonds. The molecule has 0 saturated heterocycles. The van der Waals surface area contributed by atoms with Gasteiger partial charge in [-0.05, 0) is 36.8 Å². The van der Waals surface area contributed by atoms with Crippen molar-refractivity contribution in [2.75, 3.05) is 5.73 Å². The van der Waals surface area contributed by atoms with Gasteiger partial charge in [-0.3, -0.25) is 9.59 Å². The van der Waals surface area contributed by atoms with Crippen molar-refractivity contribution < 1.29 is 24.5 Å². The molecule has 2 heterocycles. The number of phenolic OH excluding ortho intramolecular Hbond substituents is 1. The molecule has 5 rings (SSSR count). The number of aromatic nitrogens is 1. The summed E-state index contributed by atoms with van der Waals surface area (Å²) in [6.45, 7) is 1.75. The van der Waals surface area contributed by atoms with Crippen molar-refractivity contribution in [2.45, 2.75) is 18.2 Å². The lowest BCUT2D eigenvalue weighted by Crippen LogP contribution is -2.60. The van der Waals surface area contributed by atoms with Crippen LogP contribution in [0.5, 0.6) is 11.5 Å². The molecule has 1 aliphatic heterocycles. The number of aliphatic hydroxyl groups is 1. The number of hydrogen-bond acceptors (Lipinski definition) is 6. The van der Waals surface area contributed by atoms with Gasteiger partial charge in [0.1, 0.15) is 17.2 Å². The molecule has 2 atom stereocenters. The fourth-order valence-corrected chi connectivity index (χ4v) is 4.28. The molecule has 0 fully saturated rings. The Labute approximate surface area is 164 Å². The first kappa shape index (κ1) is 17.3. The second-order valence-electron chi connectivity index (χ2n) is 7.27. The van der Waals surface area contributed by atoms with Crippen LogP contribution < -0.4 is 15.8 Å². The van der Waals surface area contributed by atoms with Crippen LogP contribution in [-0.4, -0.2) is 26.9 Å². The Bertz CT molecular complexity index is 1220. The Morgan fingerprint density at radius 1 is 1.21 bits per heavy atom. The summed E-state index contributed by atoms with van der Waals surface area (Å²) in [5.74, 6) is -3.40. The first-order valence-corrected chi connectivity index (χ1v) is 8.95. The van der Waals surface area contributed by atoms with Crippen molar-refractivity contribution >= 4 is 17.4 Å². The van der Waals surface area contributed by atoms with Crippen molar-refractivity contribution in [3.05, 3.63) is 76.6 Å². The number of carbonyl (C=O) groups excluding carboxylic acids is 2. The maximum Gasteiger partial charge on any atom is 0.271 e. The van der Waals surface area contributed by atoms with Crippen molar-refractivity contribution in [3.63, 3.8) is 0 Å². The first-order valence-electron chi connectivity index (χ1n) is 8.95. The van der Waals surface area contributed by atoms with Gasteiger partial charge < -0.3 is 31.0 Å². The quantitative estimate of drug-likeness (QED) is 0.421. The molecule has 146 valence electrons. The van der Waals surface area contributed by atoms with E-state index in [1.807, 2.05) is 0 Å². The highest BCUT2D eigenvalue weighted by molar-refractivity contribution is 6.16. The number of ether oxygens (including phenoxy) is 1. The van der Waals surface area contributed by atoms with Gasteiger partial charge in [0, 0.05) is 29.1 Å². The Balaban J connectivity index is 1.77. The van der Waals surface area contributed by atoms with E-state index < -0.39 is 23.0 Å². The number of nitrogens with two attached hydrogens (primary N) is 1. The fourth-order valence-electron chi connectivity index (χ4n) is 4.28. The molecule has 0 radical (unpaired) electrons. The normalized spacial score (nSPS) is 23.9. The third kappa shape index (κ3) is 1.95. The average molecular weight is 391 g/mol. The van der Waals surface area contributed by atoms with Crippen LogP contribution in [0.1, 0.15) is 37.5 Å². The van der Waals surface area contributed by atoms with Crippen LogP contribution >= 0.6 is 0 Å². The number of carbonyl (C=O) groups is 2. The van der Waals surface area contributed by atoms with E-state index in [9.17, 15) is 19.8 Å². The molecule has 1 aliphatic carbocycles. The molecular weight excluding hydrogens is 374 g/mol. The van der Waals surface area contributed by atoms with Gasteiger partial charge in [0.05, 0.1) is 5.56 Å². The van der Waals surface area contributed by atoms with Crippen LogP contribution in [0.3, 0.4) is 0 Å². The van der Waals surface area contributed by atoms with E-state index >= 15 is 0 Å². The van der Waals surface area contributed by atoms with Crippen molar-refractivity contribution in [2.24, 2.45) is 0 Å². The molecule has 3 aromatic rings. The number of aromatic hydroxyl groups is 1. The van der Waals surface area contributed by atoms with E-state index in [1.165, 1.54) is 24.3 Å². The monoisotopic (exact) mass is 391 g/mol. The number of benzene rings is 2. The number of nitrogens with one attached hydrogen (secondary N) is 2. The van der Waals surface area contributed by atoms with Crippen molar-refractivity contribution in [1.82, 2.24) is 10.3 Å². The minimum absolute atomic E-state index is 0.0947. The Morgan fingerprint density at radius 3 is 2.72 bits per heavy atom. The molecule has 6 N–H and O–H groups in total. The molecule has 2 aromatic carbocycles. The number of aryl methyl sites for hydroxylation is 1. The van der Waals surface area contributed by atoms with Gasteiger partial charge in [0.25, 0.3) is 11.7 Å². The number of H-pyrrole nitrogens is 1. The number of Topliss-reactive ketones (excluding diaryl/α,β-unsaturated/α-hetero) is 1. The third-order valence-electron chi connectivity index (χ3n) is 5.65. The molecular formula is C21H17N3O5. The van der Waals surface area contributed by atoms with Gasteiger partial charge >= 0.3 is 0 Å². The lowest BCUT2D eigenvalue weighted by atomic mass is 9.82. The van der Waals surface area contributed by atoms with Crippen LogP contribution in [-0.2, 0) is 11.3 Å². The third-order valence-corrected chi connectivity index (χ3v) is 5.65. The number of anilines is 1. The number of phenols is 1. The van der Waals surface area contributed by atoms with E-state index in [4.69, 9.17) is 10.5 Å². The van der Waals surface area contributed by atoms with E-state index in [-0.39, 0.29) is 39.6 Å². The van der Waals surface area contributed by atoms with Gasteiger partial charge in [-0.1, -0.05) is 12.1 Å². The van der Waals surface area contributed by atoms with Crippen LogP contribution in [0.4, 0.5) is 5.69 Å². The Morgan fingerprint density at radius 2 is 2.00 bits per heavy atom. The lowest BCUT2D eigenvalue weighted by Gasteiger charge is -2.34. The average Bonchev–Trinajstić information content (AvgIpc) is 3.25. The van der Waals surface area contributed by atoms with Crippen LogP contribution in [0.2, 0.25) is 0 Å². The summed E-state index contributed by atoms with van der Waals surface area (Å²) in [7, 11) is 0. The van der Waals surface area contributed by atoms with E-state index in [2.05, 4.69) is 10.3 Å². The van der Waals surface area contributed by atoms with Gasteiger partial charge in [-0.25, -0.2) is 0 Å². The maximum atomic E-state index is 13.7. The number of aromatic amines is 1. The molecule has 8 nitrogen and oxygen atoms in total. The molecule has 1 aromatic heterocycles. The number of nitrogen functional groups attached to an aromatic ring is 1. The molecule has 0 bridgehead atoms. The van der Waals surface area contributed by atoms with Crippen molar-refractivity contribution in [1.29, 1.82) is 0 Å². The SMILES string of the molecule is Cc1cc[nH]c1C(=O)NC12C(=O)c3c(N)cccc3C1(O)Oc1cc(O)ccc12. The summed E-state index contributed by atoms with van der Waals surface area (Å²) in [6.07, 6.45) is 1.61. The zero-order chi connectivity index (χ0) is 20.6. The second kappa shape index (κ2) is 5.39. The number of rotatable bonds is 2. The number of ketones is 1. The maximum absolute atomic E-state index is 13.7. The highest BCUT2D eigenvalue weighted by Crippen LogP contribution is 2.59. The molecule has 2 aliphatic rings. The second-order valence-corrected chi connectivity index (χ2v) is 7.27. The van der Waals surface area contributed by atoms with E-state index in [1.54, 1.807) is 31.3 Å². The Hall–Kier alpha value is -3.78. The minimum Gasteiger partial charge on any atom is -0.508 e. The molecule has 0 saturated carbocycles. The minimum atomic E-state index is -2.22. The summed E-state index contributed by atoms with van der Waals surface area (Å²) < 4.78 is 5.80. The zero-order valence-corrected chi connectivity index (χ0v) is 15.3. The topological polar surface area (TPSA) is 138 Å². The van der Waals surface area contributed by atoms with Gasteiger partial charge in [0.2, 0.25) is 11.3 Å². The van der Waals surface area contributed by atoms with E-state index in [0.29, 0.717) is 5.56 Å². The molecule has 2 unspecified atom stereocenters. The highest BCUT2D eigenvalue weighted by atomic mass is 16.6. The number of amides is 1. The van der Waals surface area contributed by atoms with Crippen LogP contribution in [0, 0.1) is 6.92 Å². The highest BCUT2D eigenvalue weighted by Gasteiger charge is 2.72. The predicted octanol–water partition coefficient (Wildman–Crippen LogP) is 1.67. The number of hydrogen-bond donors (Lipinski definition) is 5. The summed E-state index contributed by atoms with van der Waals surface area (Å²) >= 11 is 0. The standard InChI is InChI=1S/C21H17N3O5/c1-10-7-8-23-17(10)19(27)24-20-12-6-5-11(25)9-15(12)29-21(20,28)13-3-2-4-14(22)16(13)18(20)26/h2-9,23,25,28H,22H2,1H3,(H,24,27). The van der Waals surface area contributed by atoms with Gasteiger partial charge in [0.15, 0.2) is 0 Å². The van der Waals surface area contributed by atoms with Crippen LogP contribution in [0.25, 0.3) is 0 Å². The summed E-state index contributed by atoms with van der Waals surface area (Å²) in [5.41, 5.74) is 5.66. The zero-order valence-electron chi connectivity index (χ0n) is 15.3. The molecule has 0 spiro atoms. The summed E-state index contributed by atoms with van der Waals surface area (Å²) in [4.78, 5) is 29.6. The number of fused-ring (bicyclic) bond motifs is 5. The lowest BCUT2D eigenvalue weighted by molar-refractivity contribution is -0.169. The first-order chi connectivity index (χ1) is 13.8. The smallest absolute Gasteiger partial charge is 0.271 e. The predicted molar refractivity (Wildman–Crippen MR) is 102 cm³/mol. The molecule has 8 heteroatoms. The molecule has 29 heavy (non-hydrogen) atoms. The van der Waals surface area contributed by atoms with Crippen LogP contribution in [0.15, 0.2) is 48.7 Å². The summed E-state index contributed by atoms with van der Waals surface area (Å²) in [6, 6.07) is 10.5.